The minimum Gasteiger partial charge on any atom is -0.169 e. The second-order valence-electron chi connectivity index (χ2n) is 4.74. The molecule has 0 fully saturated rings. The largest absolute Gasteiger partial charge is 0.405 e. The lowest BCUT2D eigenvalue weighted by Gasteiger charge is -2.23. The third-order valence-corrected chi connectivity index (χ3v) is 3.79. The van der Waals surface area contributed by atoms with Crippen LogP contribution in [-0.4, -0.2) is 6.18 Å². The quantitative estimate of drug-likeness (QED) is 0.711. The van der Waals surface area contributed by atoms with Gasteiger partial charge < -0.3 is 0 Å². The topological polar surface area (TPSA) is 0 Å². The van der Waals surface area contributed by atoms with Gasteiger partial charge in [-0.15, -0.1) is 0 Å². The van der Waals surface area contributed by atoms with Crippen LogP contribution in [0.5, 0.6) is 0 Å². The Morgan fingerprint density at radius 3 is 2.00 bits per heavy atom. The fourth-order valence-electron chi connectivity index (χ4n) is 2.46. The lowest BCUT2D eigenvalue weighted by molar-refractivity contribution is -0.151. The molecule has 1 aliphatic carbocycles. The molecule has 0 saturated carbocycles. The summed E-state index contributed by atoms with van der Waals surface area (Å²) in [5.74, 6) is 0. The molecule has 20 heavy (non-hydrogen) atoms. The molecule has 1 atom stereocenters. The molecule has 2 aromatic carbocycles. The zero-order chi connectivity index (χ0) is 14.4. The minimum atomic E-state index is -4.34. The van der Waals surface area contributed by atoms with E-state index in [1.165, 1.54) is 18.2 Å². The number of hydrogen-bond acceptors (Lipinski definition) is 0. The minimum absolute atomic E-state index is 0.248. The summed E-state index contributed by atoms with van der Waals surface area (Å²) in [6.07, 6.45) is -3.07. The van der Waals surface area contributed by atoms with E-state index in [0.29, 0.717) is 10.6 Å². The summed E-state index contributed by atoms with van der Waals surface area (Å²) < 4.78 is 40.6. The van der Waals surface area contributed by atoms with Gasteiger partial charge in [-0.25, -0.2) is 0 Å². The van der Waals surface area contributed by atoms with Crippen molar-refractivity contribution in [3.05, 3.63) is 76.8 Å². The molecular weight excluding hydrogens is 285 g/mol. The molecule has 0 nitrogen and oxygen atoms in total. The van der Waals surface area contributed by atoms with Gasteiger partial charge in [-0.2, -0.15) is 13.2 Å². The van der Waals surface area contributed by atoms with Crippen LogP contribution in [-0.2, 0) is 5.41 Å². The van der Waals surface area contributed by atoms with Gasteiger partial charge in [0.15, 0.2) is 0 Å². The van der Waals surface area contributed by atoms with E-state index in [9.17, 15) is 13.2 Å². The predicted molar refractivity (Wildman–Crippen MR) is 73.6 cm³/mol. The lowest BCUT2D eigenvalue weighted by atomic mass is 9.87. The molecule has 3 rings (SSSR count). The van der Waals surface area contributed by atoms with Crippen LogP contribution in [0.4, 0.5) is 13.2 Å². The van der Waals surface area contributed by atoms with E-state index in [1.54, 1.807) is 42.5 Å². The van der Waals surface area contributed by atoms with Crippen molar-refractivity contribution in [2.75, 3.05) is 0 Å². The van der Waals surface area contributed by atoms with Crippen LogP contribution in [0.2, 0.25) is 5.02 Å². The summed E-state index contributed by atoms with van der Waals surface area (Å²) in [4.78, 5) is 0. The van der Waals surface area contributed by atoms with Crippen molar-refractivity contribution in [1.29, 1.82) is 0 Å². The zero-order valence-electron chi connectivity index (χ0n) is 10.3. The van der Waals surface area contributed by atoms with Crippen LogP contribution in [0, 0.1) is 0 Å². The number of benzene rings is 2. The summed E-state index contributed by atoms with van der Waals surface area (Å²) in [7, 11) is 0. The Morgan fingerprint density at radius 2 is 1.45 bits per heavy atom. The first kappa shape index (κ1) is 13.3. The van der Waals surface area contributed by atoms with E-state index in [4.69, 9.17) is 11.6 Å². The number of rotatable bonds is 2. The fourth-order valence-corrected chi connectivity index (χ4v) is 2.58. The molecule has 2 aromatic rings. The van der Waals surface area contributed by atoms with E-state index in [2.05, 4.69) is 0 Å². The second-order valence-corrected chi connectivity index (χ2v) is 5.17. The first-order chi connectivity index (χ1) is 9.45. The van der Waals surface area contributed by atoms with E-state index >= 15 is 0 Å². The van der Waals surface area contributed by atoms with Crippen molar-refractivity contribution in [3.8, 4) is 0 Å². The second kappa shape index (κ2) is 4.38. The van der Waals surface area contributed by atoms with E-state index < -0.39 is 11.6 Å². The van der Waals surface area contributed by atoms with E-state index in [1.807, 2.05) is 0 Å². The van der Waals surface area contributed by atoms with Crippen molar-refractivity contribution in [2.45, 2.75) is 11.6 Å². The molecule has 0 amide bonds. The van der Waals surface area contributed by atoms with E-state index in [-0.39, 0.29) is 11.1 Å². The SMILES string of the molecule is FC(F)(F)C1(c2ccccc2)C=C1c1ccc(Cl)cc1. The molecule has 102 valence electrons. The van der Waals surface area contributed by atoms with Gasteiger partial charge in [0.1, 0.15) is 5.41 Å². The summed E-state index contributed by atoms with van der Waals surface area (Å²) in [5, 5.41) is 0.507. The maximum atomic E-state index is 13.5. The Kier molecular flexibility index (Phi) is 2.91. The smallest absolute Gasteiger partial charge is 0.169 e. The summed E-state index contributed by atoms with van der Waals surface area (Å²) in [6, 6.07) is 14.4. The van der Waals surface area contributed by atoms with Gasteiger partial charge in [0.2, 0.25) is 0 Å². The Morgan fingerprint density at radius 1 is 0.850 bits per heavy atom. The molecule has 0 N–H and O–H groups in total. The maximum absolute atomic E-state index is 13.5. The van der Waals surface area contributed by atoms with Crippen LogP contribution in [0.1, 0.15) is 11.1 Å². The predicted octanol–water partition coefficient (Wildman–Crippen LogP) is 5.24. The molecule has 0 radical (unpaired) electrons. The Hall–Kier alpha value is -1.74. The van der Waals surface area contributed by atoms with Gasteiger partial charge in [-0.05, 0) is 28.8 Å². The Balaban J connectivity index is 2.04. The molecule has 0 aliphatic heterocycles. The van der Waals surface area contributed by atoms with Crippen molar-refractivity contribution < 1.29 is 13.2 Å². The first-order valence-corrected chi connectivity index (χ1v) is 6.44. The molecule has 4 heteroatoms. The average molecular weight is 295 g/mol. The Labute approximate surface area is 119 Å². The Bertz CT molecular complexity index is 656. The van der Waals surface area contributed by atoms with Gasteiger partial charge in [-0.3, -0.25) is 0 Å². The standard InChI is InChI=1S/C16H10ClF3/c17-13-8-6-11(7-9-13)14-10-15(14,16(18,19)20)12-4-2-1-3-5-12/h1-10H. The molecule has 0 spiro atoms. The molecule has 0 bridgehead atoms. The molecule has 0 aromatic heterocycles. The van der Waals surface area contributed by atoms with Crippen LogP contribution in [0.15, 0.2) is 60.7 Å². The highest BCUT2D eigenvalue weighted by Gasteiger charge is 2.64. The summed E-state index contributed by atoms with van der Waals surface area (Å²) in [5.41, 5.74) is -0.872. The number of allylic oxidation sites excluding steroid dienone is 2. The van der Waals surface area contributed by atoms with Crippen molar-refractivity contribution in [3.63, 3.8) is 0 Å². The third kappa shape index (κ3) is 1.93. The van der Waals surface area contributed by atoms with Gasteiger partial charge in [0, 0.05) is 5.02 Å². The third-order valence-electron chi connectivity index (χ3n) is 3.53. The van der Waals surface area contributed by atoms with Crippen LogP contribution < -0.4 is 0 Å². The van der Waals surface area contributed by atoms with Gasteiger partial charge in [0.25, 0.3) is 0 Å². The van der Waals surface area contributed by atoms with Gasteiger partial charge in [-0.1, -0.05) is 60.1 Å². The monoisotopic (exact) mass is 294 g/mol. The highest BCUT2D eigenvalue weighted by Crippen LogP contribution is 2.61. The number of hydrogen-bond donors (Lipinski definition) is 0. The fraction of sp³-hybridized carbons (Fsp3) is 0.125. The van der Waals surface area contributed by atoms with Gasteiger partial charge in [0.05, 0.1) is 0 Å². The van der Waals surface area contributed by atoms with Crippen molar-refractivity contribution >= 4 is 17.2 Å². The number of halogens is 4. The molecule has 0 heterocycles. The van der Waals surface area contributed by atoms with Crippen LogP contribution in [0.25, 0.3) is 5.57 Å². The van der Waals surface area contributed by atoms with E-state index in [0.717, 1.165) is 0 Å². The first-order valence-electron chi connectivity index (χ1n) is 6.07. The zero-order valence-corrected chi connectivity index (χ0v) is 11.0. The molecular formula is C16H10ClF3. The normalized spacial score (nSPS) is 21.5. The van der Waals surface area contributed by atoms with Crippen LogP contribution in [0.3, 0.4) is 0 Å². The highest BCUT2D eigenvalue weighted by molar-refractivity contribution is 6.30. The highest BCUT2D eigenvalue weighted by atomic mass is 35.5. The average Bonchev–Trinajstić information content (AvgIpc) is 3.17. The summed E-state index contributed by atoms with van der Waals surface area (Å²) in [6.45, 7) is 0. The maximum Gasteiger partial charge on any atom is 0.405 e. The number of alkyl halides is 3. The van der Waals surface area contributed by atoms with Crippen LogP contribution >= 0.6 is 11.6 Å². The molecule has 1 aliphatic rings. The molecule has 0 saturated heterocycles. The lowest BCUT2D eigenvalue weighted by Crippen LogP contribution is -2.31. The van der Waals surface area contributed by atoms with Crippen molar-refractivity contribution in [1.82, 2.24) is 0 Å². The van der Waals surface area contributed by atoms with Gasteiger partial charge >= 0.3 is 6.18 Å². The van der Waals surface area contributed by atoms with Crippen molar-refractivity contribution in [2.24, 2.45) is 0 Å². The summed E-state index contributed by atoms with van der Waals surface area (Å²) >= 11 is 5.77. The molecule has 1 unspecified atom stereocenters.